The molecule has 0 spiro atoms. The minimum Gasteiger partial charge on any atom is -0.370 e. The molecular weight excluding hydrogens is 446 g/mol. The smallest absolute Gasteiger partial charge is 0.220 e. The minimum absolute atomic E-state index is 0.0100. The molecule has 5 N–H and O–H groups in total. The number of hydrogen-bond donors (Lipinski definition) is 3. The Kier molecular flexibility index (Phi) is 10.9. The van der Waals surface area contributed by atoms with Crippen LogP contribution in [-0.2, 0) is 22.4 Å². The van der Waals surface area contributed by atoms with E-state index < -0.39 is 0 Å². The van der Waals surface area contributed by atoms with Gasteiger partial charge in [-0.15, -0.1) is 11.3 Å². The van der Waals surface area contributed by atoms with E-state index in [2.05, 4.69) is 22.1 Å². The lowest BCUT2D eigenvalue weighted by Gasteiger charge is -2.16. The molecule has 1 unspecified atom stereocenters. The number of carbonyl (C=O) groups excluding carboxylic acids is 2. The fourth-order valence-corrected chi connectivity index (χ4v) is 4.21. The van der Waals surface area contributed by atoms with E-state index in [-0.39, 0.29) is 17.9 Å². The molecule has 1 heterocycles. The van der Waals surface area contributed by atoms with Crippen LogP contribution in [0.3, 0.4) is 0 Å². The molecular formula is C26H31N5O2S. The zero-order valence-electron chi connectivity index (χ0n) is 19.6. The molecule has 0 saturated heterocycles. The van der Waals surface area contributed by atoms with Crippen molar-refractivity contribution >= 4 is 23.2 Å². The third-order valence-electron chi connectivity index (χ3n) is 5.01. The number of hydrogen-bond acceptors (Lipinski definition) is 6. The van der Waals surface area contributed by atoms with Gasteiger partial charge >= 0.3 is 0 Å². The van der Waals surface area contributed by atoms with Crippen LogP contribution >= 0.6 is 11.3 Å². The second kappa shape index (κ2) is 13.9. The average molecular weight is 478 g/mol. The second-order valence-electron chi connectivity index (χ2n) is 7.72. The van der Waals surface area contributed by atoms with E-state index in [1.54, 1.807) is 30.4 Å². The molecule has 0 aliphatic rings. The normalized spacial score (nSPS) is 11.0. The van der Waals surface area contributed by atoms with Crippen LogP contribution in [0.5, 0.6) is 0 Å². The monoisotopic (exact) mass is 477 g/mol. The van der Waals surface area contributed by atoms with Crippen molar-refractivity contribution in [3.8, 4) is 16.5 Å². The Labute approximate surface area is 204 Å². The Bertz CT molecular complexity index is 1100. The van der Waals surface area contributed by atoms with Gasteiger partial charge in [-0.2, -0.15) is 5.26 Å². The molecule has 2 aromatic carbocycles. The molecule has 0 saturated carbocycles. The van der Waals surface area contributed by atoms with Gasteiger partial charge in [0.05, 0.1) is 27.2 Å². The Balaban J connectivity index is 0.000000739. The fourth-order valence-electron chi connectivity index (χ4n) is 3.14. The van der Waals surface area contributed by atoms with E-state index >= 15 is 0 Å². The van der Waals surface area contributed by atoms with Crippen LogP contribution in [0, 0.1) is 18.3 Å². The lowest BCUT2D eigenvalue weighted by atomic mass is 10.1. The molecule has 2 amide bonds. The summed E-state index contributed by atoms with van der Waals surface area (Å²) in [5.41, 5.74) is 14.3. The van der Waals surface area contributed by atoms with Gasteiger partial charge in [-0.05, 0) is 36.6 Å². The van der Waals surface area contributed by atoms with Crippen LogP contribution in [0.2, 0.25) is 0 Å². The first-order valence-electron chi connectivity index (χ1n) is 11.1. The molecule has 34 heavy (non-hydrogen) atoms. The maximum Gasteiger partial charge on any atom is 0.220 e. The minimum atomic E-state index is -0.245. The largest absolute Gasteiger partial charge is 0.370 e. The SMILES string of the molecule is CCC(N)=O.Cc1nc(CCC(=O)NC(CN)Cc2ccccc2)sc1-c1ccc(C#N)cc1. The van der Waals surface area contributed by atoms with Gasteiger partial charge < -0.3 is 16.8 Å². The predicted molar refractivity (Wildman–Crippen MR) is 136 cm³/mol. The third-order valence-corrected chi connectivity index (χ3v) is 6.27. The number of aryl methyl sites for hydroxylation is 2. The number of carbonyl (C=O) groups is 2. The molecule has 1 aromatic heterocycles. The number of nitrogens with one attached hydrogen (secondary N) is 1. The summed E-state index contributed by atoms with van der Waals surface area (Å²) in [4.78, 5) is 27.7. The van der Waals surface area contributed by atoms with Crippen molar-refractivity contribution < 1.29 is 9.59 Å². The number of benzene rings is 2. The van der Waals surface area contributed by atoms with Crippen LogP contribution in [0.15, 0.2) is 54.6 Å². The topological polar surface area (TPSA) is 135 Å². The second-order valence-corrected chi connectivity index (χ2v) is 8.80. The van der Waals surface area contributed by atoms with Gasteiger partial charge in [-0.3, -0.25) is 9.59 Å². The summed E-state index contributed by atoms with van der Waals surface area (Å²) in [5.74, 6) is -0.255. The van der Waals surface area contributed by atoms with Gasteiger partial charge in [0.25, 0.3) is 0 Å². The Hall–Kier alpha value is -3.54. The van der Waals surface area contributed by atoms with Gasteiger partial charge in [0.2, 0.25) is 11.8 Å². The van der Waals surface area contributed by atoms with Crippen LogP contribution < -0.4 is 16.8 Å². The van der Waals surface area contributed by atoms with Crippen LogP contribution in [0.4, 0.5) is 0 Å². The van der Waals surface area contributed by atoms with Gasteiger partial charge in [-0.25, -0.2) is 4.98 Å². The Morgan fingerprint density at radius 2 is 1.79 bits per heavy atom. The first-order valence-corrected chi connectivity index (χ1v) is 12.0. The number of amides is 2. The summed E-state index contributed by atoms with van der Waals surface area (Å²) in [5, 5.41) is 12.9. The lowest BCUT2D eigenvalue weighted by molar-refractivity contribution is -0.121. The molecule has 1 atom stereocenters. The van der Waals surface area contributed by atoms with E-state index in [0.717, 1.165) is 33.1 Å². The van der Waals surface area contributed by atoms with Crippen LogP contribution in [0.25, 0.3) is 10.4 Å². The Morgan fingerprint density at radius 3 is 2.35 bits per heavy atom. The zero-order valence-corrected chi connectivity index (χ0v) is 20.4. The molecule has 7 nitrogen and oxygen atoms in total. The van der Waals surface area contributed by atoms with E-state index in [0.29, 0.717) is 31.4 Å². The number of rotatable bonds is 9. The maximum absolute atomic E-state index is 12.4. The van der Waals surface area contributed by atoms with Gasteiger partial charge in [0.1, 0.15) is 0 Å². The quantitative estimate of drug-likeness (QED) is 0.433. The highest BCUT2D eigenvalue weighted by molar-refractivity contribution is 7.15. The standard InChI is InChI=1S/C23H24N4OS.C3H7NO/c1-16-23(19-9-7-18(14-24)8-10-19)29-22(26-16)12-11-21(28)27-20(15-25)13-17-5-3-2-4-6-17;1-2-3(4)5/h2-10,20H,11-13,15,25H2,1H3,(H,27,28);2H2,1H3,(H2,4,5). The summed E-state index contributed by atoms with van der Waals surface area (Å²) in [6.07, 6.45) is 2.14. The van der Waals surface area contributed by atoms with Gasteiger partial charge in [0, 0.05) is 31.8 Å². The van der Waals surface area contributed by atoms with E-state index in [1.165, 1.54) is 0 Å². The first-order chi connectivity index (χ1) is 16.4. The summed E-state index contributed by atoms with van der Waals surface area (Å²) in [7, 11) is 0. The predicted octanol–water partition coefficient (Wildman–Crippen LogP) is 3.49. The van der Waals surface area contributed by atoms with E-state index in [1.807, 2.05) is 49.4 Å². The van der Waals surface area contributed by atoms with Crippen LogP contribution in [-0.4, -0.2) is 29.4 Å². The number of primary amides is 1. The van der Waals surface area contributed by atoms with E-state index in [9.17, 15) is 9.59 Å². The highest BCUT2D eigenvalue weighted by Crippen LogP contribution is 2.30. The van der Waals surface area contributed by atoms with Gasteiger partial charge in [-0.1, -0.05) is 49.4 Å². The van der Waals surface area contributed by atoms with Crippen molar-refractivity contribution in [3.05, 3.63) is 76.4 Å². The highest BCUT2D eigenvalue weighted by Gasteiger charge is 2.14. The highest BCUT2D eigenvalue weighted by atomic mass is 32.1. The molecule has 0 aliphatic carbocycles. The van der Waals surface area contributed by atoms with Crippen molar-refractivity contribution in [2.24, 2.45) is 11.5 Å². The number of thiazole rings is 1. The van der Waals surface area contributed by atoms with Crippen molar-refractivity contribution in [2.45, 2.75) is 45.6 Å². The van der Waals surface area contributed by atoms with Gasteiger partial charge in [0.15, 0.2) is 0 Å². The van der Waals surface area contributed by atoms with Crippen molar-refractivity contribution in [3.63, 3.8) is 0 Å². The Morgan fingerprint density at radius 1 is 1.15 bits per heavy atom. The summed E-state index contributed by atoms with van der Waals surface area (Å²) in [6.45, 7) is 4.10. The molecule has 8 heteroatoms. The van der Waals surface area contributed by atoms with Crippen molar-refractivity contribution in [1.82, 2.24) is 10.3 Å². The van der Waals surface area contributed by atoms with E-state index in [4.69, 9.17) is 11.0 Å². The third kappa shape index (κ3) is 8.77. The molecule has 0 bridgehead atoms. The number of nitrogens with two attached hydrogens (primary N) is 2. The maximum atomic E-state index is 12.4. The molecule has 0 aliphatic heterocycles. The van der Waals surface area contributed by atoms with Crippen molar-refractivity contribution in [1.29, 1.82) is 5.26 Å². The average Bonchev–Trinajstić information content (AvgIpc) is 3.23. The summed E-state index contributed by atoms with van der Waals surface area (Å²) < 4.78 is 0. The number of nitriles is 1. The summed E-state index contributed by atoms with van der Waals surface area (Å²) >= 11 is 1.60. The molecule has 178 valence electrons. The fraction of sp³-hybridized carbons (Fsp3) is 0.308. The lowest BCUT2D eigenvalue weighted by Crippen LogP contribution is -2.41. The first kappa shape index (κ1) is 26.7. The molecule has 0 radical (unpaired) electrons. The molecule has 3 rings (SSSR count). The number of aromatic nitrogens is 1. The molecule has 0 fully saturated rings. The van der Waals surface area contributed by atoms with Crippen LogP contribution in [0.1, 0.15) is 41.6 Å². The summed E-state index contributed by atoms with van der Waals surface area (Å²) in [6, 6.07) is 19.6. The molecule has 3 aromatic rings. The van der Waals surface area contributed by atoms with Crippen molar-refractivity contribution in [2.75, 3.05) is 6.54 Å². The zero-order chi connectivity index (χ0) is 24.9. The number of nitrogens with zero attached hydrogens (tertiary/aromatic N) is 2.